The molecule has 0 aromatic heterocycles. The molecule has 0 aliphatic carbocycles. The van der Waals surface area contributed by atoms with Crippen LogP contribution < -0.4 is 0 Å². The van der Waals surface area contributed by atoms with Crippen LogP contribution >= 0.6 is 11.8 Å². The Hall–Kier alpha value is 0.190. The second-order valence-electron chi connectivity index (χ2n) is 7.89. The van der Waals surface area contributed by atoms with Crippen molar-refractivity contribution in [2.24, 2.45) is 5.92 Å². The van der Waals surface area contributed by atoms with E-state index < -0.39 is 0 Å². The van der Waals surface area contributed by atoms with Gasteiger partial charge in [-0.2, -0.15) is 11.8 Å². The third kappa shape index (κ3) is 18.2. The summed E-state index contributed by atoms with van der Waals surface area (Å²) in [6.45, 7) is 7.22. The van der Waals surface area contributed by atoms with Crippen molar-refractivity contribution in [1.82, 2.24) is 0 Å². The summed E-state index contributed by atoms with van der Waals surface area (Å²) in [5, 5.41) is 0. The lowest BCUT2D eigenvalue weighted by atomic mass is 10.0. The van der Waals surface area contributed by atoms with Gasteiger partial charge in [-0.05, 0) is 18.6 Å². The molecule has 0 radical (unpaired) electrons. The van der Waals surface area contributed by atoms with Gasteiger partial charge in [0.1, 0.15) is 6.79 Å². The Morgan fingerprint density at radius 3 is 2.11 bits per heavy atom. The number of rotatable bonds is 11. The van der Waals surface area contributed by atoms with Crippen LogP contribution in [0.5, 0.6) is 0 Å². The summed E-state index contributed by atoms with van der Waals surface area (Å²) >= 11 is 1.92. The molecule has 0 amide bonds. The van der Waals surface area contributed by atoms with Crippen LogP contribution in [0.4, 0.5) is 0 Å². The maximum Gasteiger partial charge on any atom is 0.146 e. The summed E-state index contributed by atoms with van der Waals surface area (Å²) in [4.78, 5) is 0. The van der Waals surface area contributed by atoms with Crippen LogP contribution in [-0.4, -0.2) is 57.9 Å². The largest absolute Gasteiger partial charge is 0.379 e. The van der Waals surface area contributed by atoms with E-state index in [1.807, 2.05) is 11.8 Å². The molecule has 1 aliphatic rings. The molecule has 1 unspecified atom stereocenters. The lowest BCUT2D eigenvalue weighted by Gasteiger charge is -2.18. The van der Waals surface area contributed by atoms with E-state index >= 15 is 0 Å². The molecule has 1 fully saturated rings. The molecule has 1 aliphatic heterocycles. The number of ether oxygens (including phenoxy) is 4. The second kappa shape index (κ2) is 21.9. The van der Waals surface area contributed by atoms with Crippen LogP contribution in [0.25, 0.3) is 0 Å². The summed E-state index contributed by atoms with van der Waals surface area (Å²) in [5.74, 6) is 2.65. The molecular weight excluding hydrogens is 372 g/mol. The van der Waals surface area contributed by atoms with Gasteiger partial charge >= 0.3 is 0 Å². The van der Waals surface area contributed by atoms with Crippen molar-refractivity contribution in [3.05, 3.63) is 0 Å². The van der Waals surface area contributed by atoms with E-state index in [9.17, 15) is 0 Å². The monoisotopic (exact) mass is 418 g/mol. The summed E-state index contributed by atoms with van der Waals surface area (Å²) in [5.41, 5.74) is 0. The van der Waals surface area contributed by atoms with Crippen molar-refractivity contribution in [2.45, 2.75) is 84.0 Å². The Kier molecular flexibility index (Phi) is 20.5. The maximum absolute atomic E-state index is 5.84. The Morgan fingerprint density at radius 2 is 1.32 bits per heavy atom. The molecule has 0 bridgehead atoms. The normalized spacial score (nSPS) is 21.5. The minimum atomic E-state index is 0.419. The van der Waals surface area contributed by atoms with Gasteiger partial charge in [-0.15, -0.1) is 0 Å². The third-order valence-corrected chi connectivity index (χ3v) is 6.19. The molecule has 0 saturated carbocycles. The fourth-order valence-electron chi connectivity index (χ4n) is 3.42. The quantitative estimate of drug-likeness (QED) is 0.380. The zero-order chi connectivity index (χ0) is 20.0. The van der Waals surface area contributed by atoms with Gasteiger partial charge in [-0.1, -0.05) is 71.1 Å². The minimum absolute atomic E-state index is 0.419. The van der Waals surface area contributed by atoms with Crippen molar-refractivity contribution in [3.63, 3.8) is 0 Å². The molecule has 0 aromatic rings. The summed E-state index contributed by atoms with van der Waals surface area (Å²) in [6.07, 6.45) is 16.1. The van der Waals surface area contributed by atoms with Crippen LogP contribution in [0, 0.1) is 5.92 Å². The zero-order valence-electron chi connectivity index (χ0n) is 18.5. The Bertz CT molecular complexity index is 288. The lowest BCUT2D eigenvalue weighted by Crippen LogP contribution is -2.19. The topological polar surface area (TPSA) is 36.9 Å². The number of thioether (sulfide) groups is 1. The van der Waals surface area contributed by atoms with Crippen LogP contribution in [0.3, 0.4) is 0 Å². The molecule has 1 heterocycles. The number of hydrogen-bond donors (Lipinski definition) is 0. The van der Waals surface area contributed by atoms with Crippen molar-refractivity contribution in [3.8, 4) is 0 Å². The highest BCUT2D eigenvalue weighted by molar-refractivity contribution is 7.99. The first-order chi connectivity index (χ1) is 13.9. The van der Waals surface area contributed by atoms with Crippen LogP contribution in [0.15, 0.2) is 0 Å². The molecule has 168 valence electrons. The van der Waals surface area contributed by atoms with Crippen molar-refractivity contribution in [1.29, 1.82) is 0 Å². The lowest BCUT2D eigenvalue weighted by molar-refractivity contribution is -0.0748. The van der Waals surface area contributed by atoms with Crippen LogP contribution in [0.2, 0.25) is 0 Å². The average molecular weight is 419 g/mol. The summed E-state index contributed by atoms with van der Waals surface area (Å²) < 4.78 is 22.8. The molecular formula is C23H46O4S. The standard InChI is InChI=1S/C23H46O4S/c1-2-3-4-5-6-7-8-9-10-11-13-23-20-25-16-15-24-17-19-28-18-12-14-26-22-27-21-23/h23H,2-22H2,1H3. The van der Waals surface area contributed by atoms with Gasteiger partial charge in [0.2, 0.25) is 0 Å². The molecule has 1 saturated heterocycles. The molecule has 28 heavy (non-hydrogen) atoms. The molecule has 1 atom stereocenters. The third-order valence-electron chi connectivity index (χ3n) is 5.16. The molecule has 5 heteroatoms. The van der Waals surface area contributed by atoms with E-state index in [1.165, 1.54) is 70.6 Å². The predicted molar refractivity (Wildman–Crippen MR) is 120 cm³/mol. The highest BCUT2D eigenvalue weighted by Gasteiger charge is 2.10. The average Bonchev–Trinajstić information content (AvgIpc) is 2.70. The molecule has 1 rings (SSSR count). The molecule has 0 spiro atoms. The molecule has 0 aromatic carbocycles. The van der Waals surface area contributed by atoms with Gasteiger partial charge in [0.15, 0.2) is 0 Å². The Morgan fingerprint density at radius 1 is 0.643 bits per heavy atom. The first-order valence-corrected chi connectivity index (χ1v) is 13.0. The van der Waals surface area contributed by atoms with E-state index in [2.05, 4.69) is 6.92 Å². The van der Waals surface area contributed by atoms with E-state index in [-0.39, 0.29) is 0 Å². The zero-order valence-corrected chi connectivity index (χ0v) is 19.3. The smallest absolute Gasteiger partial charge is 0.146 e. The van der Waals surface area contributed by atoms with Crippen molar-refractivity contribution < 1.29 is 18.9 Å². The SMILES string of the molecule is CCCCCCCCCCCCC1COCCOCCSCCCOCOC1. The van der Waals surface area contributed by atoms with E-state index in [0.717, 1.165) is 44.4 Å². The van der Waals surface area contributed by atoms with Crippen molar-refractivity contribution >= 4 is 11.8 Å². The van der Waals surface area contributed by atoms with Gasteiger partial charge in [0.05, 0.1) is 39.6 Å². The molecule has 4 nitrogen and oxygen atoms in total. The van der Waals surface area contributed by atoms with Gasteiger partial charge < -0.3 is 18.9 Å². The summed E-state index contributed by atoms with van der Waals surface area (Å²) in [6, 6.07) is 0. The fourth-order valence-corrected chi connectivity index (χ4v) is 4.18. The minimum Gasteiger partial charge on any atom is -0.379 e. The summed E-state index contributed by atoms with van der Waals surface area (Å²) in [7, 11) is 0. The second-order valence-corrected chi connectivity index (χ2v) is 9.11. The van der Waals surface area contributed by atoms with Gasteiger partial charge in [0, 0.05) is 11.7 Å². The predicted octanol–water partition coefficient (Wildman–Crippen LogP) is 6.07. The number of unbranched alkanes of at least 4 members (excludes halogenated alkanes) is 9. The Balaban J connectivity index is 2.06. The van der Waals surface area contributed by atoms with Gasteiger partial charge in [-0.3, -0.25) is 0 Å². The van der Waals surface area contributed by atoms with E-state index in [0.29, 0.717) is 25.9 Å². The highest BCUT2D eigenvalue weighted by atomic mass is 32.2. The Labute approximate surface area is 178 Å². The number of hydrogen-bond acceptors (Lipinski definition) is 5. The van der Waals surface area contributed by atoms with Crippen LogP contribution in [0.1, 0.15) is 84.0 Å². The fraction of sp³-hybridized carbons (Fsp3) is 1.00. The van der Waals surface area contributed by atoms with E-state index in [1.54, 1.807) is 0 Å². The highest BCUT2D eigenvalue weighted by Crippen LogP contribution is 2.15. The van der Waals surface area contributed by atoms with Gasteiger partial charge in [-0.25, -0.2) is 0 Å². The van der Waals surface area contributed by atoms with Crippen molar-refractivity contribution in [2.75, 3.05) is 57.9 Å². The molecule has 0 N–H and O–H groups in total. The van der Waals surface area contributed by atoms with E-state index in [4.69, 9.17) is 18.9 Å². The van der Waals surface area contributed by atoms with Crippen LogP contribution in [-0.2, 0) is 18.9 Å². The van der Waals surface area contributed by atoms with Gasteiger partial charge in [0.25, 0.3) is 0 Å². The maximum atomic E-state index is 5.84. The first-order valence-electron chi connectivity index (χ1n) is 11.8. The first kappa shape index (κ1) is 26.2.